The Hall–Kier alpha value is -0.540. The maximum absolute atomic E-state index is 10.6. The fourth-order valence-electron chi connectivity index (χ4n) is 1.10. The van der Waals surface area contributed by atoms with Crippen LogP contribution in [0.4, 0.5) is 0 Å². The van der Waals surface area contributed by atoms with Crippen LogP contribution in [0, 0.1) is 0 Å². The minimum Gasteiger partial charge on any atom is -1.00 e. The molecule has 0 saturated heterocycles. The first-order valence-corrected chi connectivity index (χ1v) is 5.45. The summed E-state index contributed by atoms with van der Waals surface area (Å²) in [6, 6.07) is 19.0. The number of thiol groups is 1. The molecule has 0 aliphatic heterocycles. The predicted octanol–water partition coefficient (Wildman–Crippen LogP) is 0.981. The van der Waals surface area contributed by atoms with Crippen LogP contribution in [-0.2, 0) is 0 Å². The van der Waals surface area contributed by atoms with Gasteiger partial charge in [-0.3, -0.25) is 4.79 Å². The second kappa shape index (κ2) is 9.49. The van der Waals surface area contributed by atoms with Crippen molar-refractivity contribution >= 4 is 18.4 Å². The average molecular weight is 254 g/mol. The zero-order chi connectivity index (χ0) is 11.8. The Balaban J connectivity index is 0. The smallest absolute Gasteiger partial charge is 1.00 e. The molecule has 0 amide bonds. The molecule has 0 N–H and O–H groups in total. The summed E-state index contributed by atoms with van der Waals surface area (Å²) in [6.45, 7) is 1.56. The maximum Gasteiger partial charge on any atom is 1.00 e. The van der Waals surface area contributed by atoms with Gasteiger partial charge in [0.05, 0.1) is 0 Å². The minimum atomic E-state index is 0. The van der Waals surface area contributed by atoms with E-state index in [-0.39, 0.29) is 36.8 Å². The largest absolute Gasteiger partial charge is 1.00 e. The summed E-state index contributed by atoms with van der Waals surface area (Å²) in [5, 5.41) is 0. The quantitative estimate of drug-likeness (QED) is 0.456. The van der Waals surface area contributed by atoms with Gasteiger partial charge in [-0.25, -0.2) is 0 Å². The number of carbonyl (C=O) groups is 1. The number of rotatable bonds is 1. The first-order chi connectivity index (χ1) is 7.70. The van der Waals surface area contributed by atoms with E-state index in [4.69, 9.17) is 0 Å². The molecule has 0 aliphatic rings. The van der Waals surface area contributed by atoms with Crippen LogP contribution >= 0.6 is 12.6 Å². The Kier molecular flexibility index (Phi) is 9.18. The molecule has 2 rings (SSSR count). The normalized spacial score (nSPS) is 8.35. The van der Waals surface area contributed by atoms with Crippen molar-refractivity contribution in [3.05, 3.63) is 66.2 Å². The molecular weight excluding hydrogens is 239 g/mol. The molecule has 84 valence electrons. The van der Waals surface area contributed by atoms with Crippen LogP contribution in [0.25, 0.3) is 0 Å². The van der Waals surface area contributed by atoms with Crippen molar-refractivity contribution in [1.82, 2.24) is 0 Å². The van der Waals surface area contributed by atoms with Gasteiger partial charge in [0.2, 0.25) is 0 Å². The van der Waals surface area contributed by atoms with Gasteiger partial charge in [0.1, 0.15) is 0 Å². The van der Waals surface area contributed by atoms with Crippen LogP contribution < -0.4 is 29.6 Å². The zero-order valence-corrected chi connectivity index (χ0v) is 13.0. The van der Waals surface area contributed by atoms with E-state index in [1.54, 1.807) is 6.92 Å². The van der Waals surface area contributed by atoms with Crippen molar-refractivity contribution in [2.45, 2.75) is 11.8 Å². The number of hydrogen-bond acceptors (Lipinski definition) is 2. The molecule has 0 saturated carbocycles. The van der Waals surface area contributed by atoms with Crippen LogP contribution in [0.3, 0.4) is 0 Å². The van der Waals surface area contributed by atoms with Gasteiger partial charge in [-0.15, -0.1) is 12.6 Å². The van der Waals surface area contributed by atoms with E-state index in [2.05, 4.69) is 12.6 Å². The fourth-order valence-corrected chi connectivity index (χ4v) is 1.27. The van der Waals surface area contributed by atoms with Gasteiger partial charge in [-0.05, 0) is 19.1 Å². The van der Waals surface area contributed by atoms with Crippen molar-refractivity contribution < 1.29 is 35.8 Å². The van der Waals surface area contributed by atoms with Crippen LogP contribution in [0.2, 0.25) is 0 Å². The van der Waals surface area contributed by atoms with E-state index in [0.717, 1.165) is 10.5 Å². The summed E-state index contributed by atoms with van der Waals surface area (Å²) in [5.41, 5.74) is 0.775. The number of hydrogen-bond donors (Lipinski definition) is 1. The molecule has 0 aromatic heterocycles. The second-order valence-corrected chi connectivity index (χ2v) is 3.77. The minimum absolute atomic E-state index is 0. The number of carbonyl (C=O) groups excluding carboxylic acids is 1. The SMILES string of the molecule is CC(=O)c1ccccc1.Sc1ccccc1.[H-].[Na+]. The number of ketones is 1. The summed E-state index contributed by atoms with van der Waals surface area (Å²) in [5.74, 6) is 0.121. The van der Waals surface area contributed by atoms with Gasteiger partial charge in [0.15, 0.2) is 5.78 Å². The van der Waals surface area contributed by atoms with Crippen molar-refractivity contribution in [2.75, 3.05) is 0 Å². The molecule has 0 spiro atoms. The van der Waals surface area contributed by atoms with E-state index in [1.807, 2.05) is 60.7 Å². The van der Waals surface area contributed by atoms with Crippen molar-refractivity contribution in [3.8, 4) is 0 Å². The molecule has 0 heterocycles. The predicted molar refractivity (Wildman–Crippen MR) is 71.3 cm³/mol. The first kappa shape index (κ1) is 16.5. The van der Waals surface area contributed by atoms with E-state index in [0.29, 0.717) is 0 Å². The van der Waals surface area contributed by atoms with E-state index < -0.39 is 0 Å². The fraction of sp³-hybridized carbons (Fsp3) is 0.0714. The van der Waals surface area contributed by atoms with Gasteiger partial charge >= 0.3 is 29.6 Å². The molecule has 3 heteroatoms. The molecule has 0 radical (unpaired) electrons. The number of benzene rings is 2. The Bertz CT molecular complexity index is 434. The summed E-state index contributed by atoms with van der Waals surface area (Å²) >= 11 is 4.08. The third kappa shape index (κ3) is 7.40. The van der Waals surface area contributed by atoms with Gasteiger partial charge in [0.25, 0.3) is 0 Å². The first-order valence-electron chi connectivity index (χ1n) is 5.00. The van der Waals surface area contributed by atoms with Crippen molar-refractivity contribution in [3.63, 3.8) is 0 Å². The summed E-state index contributed by atoms with van der Waals surface area (Å²) in [6.07, 6.45) is 0. The van der Waals surface area contributed by atoms with Crippen LogP contribution in [0.1, 0.15) is 18.7 Å². The second-order valence-electron chi connectivity index (χ2n) is 3.26. The average Bonchev–Trinajstić information content (AvgIpc) is 2.32. The zero-order valence-electron chi connectivity index (χ0n) is 11.1. The third-order valence-electron chi connectivity index (χ3n) is 1.94. The van der Waals surface area contributed by atoms with Gasteiger partial charge in [0, 0.05) is 10.5 Å². The number of Topliss-reactive ketones (excluding diaryl/α,β-unsaturated/α-hetero) is 1. The topological polar surface area (TPSA) is 17.1 Å². The Morgan fingerprint density at radius 1 is 0.941 bits per heavy atom. The van der Waals surface area contributed by atoms with Crippen LogP contribution in [0.5, 0.6) is 0 Å². The molecule has 0 bridgehead atoms. The van der Waals surface area contributed by atoms with Gasteiger partial charge in [-0.1, -0.05) is 48.5 Å². The summed E-state index contributed by atoms with van der Waals surface area (Å²) in [7, 11) is 0. The Morgan fingerprint density at radius 2 is 1.35 bits per heavy atom. The van der Waals surface area contributed by atoms with Crippen molar-refractivity contribution in [1.29, 1.82) is 0 Å². The third-order valence-corrected chi connectivity index (χ3v) is 2.23. The van der Waals surface area contributed by atoms with E-state index >= 15 is 0 Å². The summed E-state index contributed by atoms with van der Waals surface area (Å²) < 4.78 is 0. The molecule has 0 fully saturated rings. The molecule has 2 aromatic carbocycles. The van der Waals surface area contributed by atoms with Crippen LogP contribution in [0.15, 0.2) is 65.6 Å². The van der Waals surface area contributed by atoms with E-state index in [1.165, 1.54) is 0 Å². The molecule has 0 unspecified atom stereocenters. The molecule has 0 aliphatic carbocycles. The molecule has 1 nitrogen and oxygen atoms in total. The molecule has 0 atom stereocenters. The Labute approximate surface area is 131 Å². The molecule has 2 aromatic rings. The maximum atomic E-state index is 10.6. The van der Waals surface area contributed by atoms with Gasteiger partial charge < -0.3 is 1.43 Å². The van der Waals surface area contributed by atoms with Crippen LogP contribution in [-0.4, -0.2) is 5.78 Å². The molecule has 17 heavy (non-hydrogen) atoms. The Morgan fingerprint density at radius 3 is 1.59 bits per heavy atom. The van der Waals surface area contributed by atoms with Crippen molar-refractivity contribution in [2.24, 2.45) is 0 Å². The van der Waals surface area contributed by atoms with E-state index in [9.17, 15) is 4.79 Å². The van der Waals surface area contributed by atoms with Gasteiger partial charge in [-0.2, -0.15) is 0 Å². The summed E-state index contributed by atoms with van der Waals surface area (Å²) in [4.78, 5) is 11.7. The molecular formula is C14H15NaOS. The monoisotopic (exact) mass is 254 g/mol. The standard InChI is InChI=1S/C8H8O.C6H6S.Na.H/c1-7(9)8-5-3-2-4-6-8;7-6-4-2-1-3-5-6;;/h2-6H,1H3;1-5,7H;;/q;;+1;-1.